The smallest absolute Gasteiger partial charge is 0.279 e. The molecule has 0 saturated carbocycles. The molecule has 1 fully saturated rings. The lowest BCUT2D eigenvalue weighted by molar-refractivity contribution is 0.0725. The summed E-state index contributed by atoms with van der Waals surface area (Å²) in [7, 11) is -3.38. The molecule has 0 unspecified atom stereocenters. The molecule has 1 N–H and O–H groups in total. The molecule has 1 aliphatic heterocycles. The number of morpholine rings is 1. The third kappa shape index (κ3) is 4.22. The molecule has 1 aliphatic rings. The van der Waals surface area contributed by atoms with Gasteiger partial charge in [0.1, 0.15) is 0 Å². The van der Waals surface area contributed by atoms with Gasteiger partial charge < -0.3 is 4.74 Å². The van der Waals surface area contributed by atoms with Gasteiger partial charge in [0, 0.05) is 19.6 Å². The van der Waals surface area contributed by atoms with E-state index in [1.54, 1.807) is 0 Å². The molecule has 102 valence electrons. The first-order valence-corrected chi connectivity index (χ1v) is 6.99. The van der Waals surface area contributed by atoms with Crippen LogP contribution in [0.4, 0.5) is 0 Å². The van der Waals surface area contributed by atoms with Crippen LogP contribution in [0.2, 0.25) is 0 Å². The summed E-state index contributed by atoms with van der Waals surface area (Å²) in [5.74, 6) is 0. The number of hydrogen-bond donors (Lipinski definition) is 1. The minimum atomic E-state index is -3.38. The number of nitrogens with one attached hydrogen (secondary N) is 1. The van der Waals surface area contributed by atoms with E-state index in [0.29, 0.717) is 32.8 Å². The van der Waals surface area contributed by atoms with Crippen LogP contribution in [0.25, 0.3) is 0 Å². The topological polar surface area (TPSA) is 58.6 Å². The zero-order valence-electron chi connectivity index (χ0n) is 9.91. The quantitative estimate of drug-likeness (QED) is 0.892. The second-order valence-electron chi connectivity index (χ2n) is 3.82. The predicted octanol–water partition coefficient (Wildman–Crippen LogP) is 0.775. The van der Waals surface area contributed by atoms with E-state index in [-0.39, 0.29) is 12.4 Å². The largest absolute Gasteiger partial charge is 0.379 e. The minimum Gasteiger partial charge on any atom is -0.379 e. The number of nitrogens with zero attached hydrogens (tertiary/aromatic N) is 1. The molecule has 2 rings (SSSR count). The lowest BCUT2D eigenvalue weighted by atomic mass is 10.2. The SMILES string of the molecule is Cl.O=S(=O)(NCc1ccccc1)N1CCOCC1. The van der Waals surface area contributed by atoms with Crippen molar-refractivity contribution >= 4 is 22.6 Å². The van der Waals surface area contributed by atoms with Gasteiger partial charge in [0.2, 0.25) is 0 Å². The summed E-state index contributed by atoms with van der Waals surface area (Å²) in [5, 5.41) is 0. The van der Waals surface area contributed by atoms with E-state index in [1.165, 1.54) is 4.31 Å². The molecule has 0 aromatic heterocycles. The van der Waals surface area contributed by atoms with Crippen molar-refractivity contribution in [2.45, 2.75) is 6.54 Å². The fourth-order valence-electron chi connectivity index (χ4n) is 1.65. The van der Waals surface area contributed by atoms with E-state index >= 15 is 0 Å². The predicted molar refractivity (Wildman–Crippen MR) is 71.8 cm³/mol. The van der Waals surface area contributed by atoms with E-state index in [2.05, 4.69) is 4.72 Å². The van der Waals surface area contributed by atoms with Crippen molar-refractivity contribution in [3.63, 3.8) is 0 Å². The third-order valence-electron chi connectivity index (χ3n) is 2.61. The van der Waals surface area contributed by atoms with Crippen LogP contribution in [0.5, 0.6) is 0 Å². The van der Waals surface area contributed by atoms with Crippen LogP contribution in [-0.4, -0.2) is 39.0 Å². The van der Waals surface area contributed by atoms with Crippen LogP contribution in [-0.2, 0) is 21.5 Å². The molecule has 1 aromatic rings. The van der Waals surface area contributed by atoms with Gasteiger partial charge in [-0.05, 0) is 5.56 Å². The Labute approximate surface area is 114 Å². The highest BCUT2D eigenvalue weighted by Crippen LogP contribution is 2.05. The normalized spacial score (nSPS) is 17.1. The molecule has 1 saturated heterocycles. The van der Waals surface area contributed by atoms with E-state index in [9.17, 15) is 8.42 Å². The highest BCUT2D eigenvalue weighted by Gasteiger charge is 2.23. The van der Waals surface area contributed by atoms with Gasteiger partial charge >= 0.3 is 0 Å². The Kier molecular flexibility index (Phi) is 6.04. The van der Waals surface area contributed by atoms with E-state index in [1.807, 2.05) is 30.3 Å². The maximum Gasteiger partial charge on any atom is 0.279 e. The summed E-state index contributed by atoms with van der Waals surface area (Å²) in [6.07, 6.45) is 0. The molecule has 7 heteroatoms. The lowest BCUT2D eigenvalue weighted by Crippen LogP contribution is -2.46. The molecule has 0 atom stereocenters. The minimum absolute atomic E-state index is 0. The number of hydrogen-bond acceptors (Lipinski definition) is 3. The van der Waals surface area contributed by atoms with E-state index < -0.39 is 10.2 Å². The van der Waals surface area contributed by atoms with E-state index in [0.717, 1.165) is 5.56 Å². The Hall–Kier alpha value is -0.660. The first kappa shape index (κ1) is 15.4. The number of ether oxygens (including phenoxy) is 1. The van der Waals surface area contributed by atoms with Gasteiger partial charge in [-0.2, -0.15) is 17.4 Å². The second kappa shape index (κ2) is 7.06. The Morgan fingerprint density at radius 1 is 1.17 bits per heavy atom. The van der Waals surface area contributed by atoms with Gasteiger partial charge in [-0.1, -0.05) is 30.3 Å². The average molecular weight is 293 g/mol. The summed E-state index contributed by atoms with van der Waals surface area (Å²) in [6.45, 7) is 2.09. The van der Waals surface area contributed by atoms with Gasteiger partial charge in [-0.15, -0.1) is 12.4 Å². The van der Waals surface area contributed by atoms with Crippen LogP contribution < -0.4 is 4.72 Å². The zero-order valence-corrected chi connectivity index (χ0v) is 11.5. The third-order valence-corrected chi connectivity index (χ3v) is 4.17. The summed E-state index contributed by atoms with van der Waals surface area (Å²) in [6, 6.07) is 9.46. The molecule has 5 nitrogen and oxygen atoms in total. The summed E-state index contributed by atoms with van der Waals surface area (Å²) in [5.41, 5.74) is 0.948. The van der Waals surface area contributed by atoms with Gasteiger partial charge in [-0.3, -0.25) is 0 Å². The van der Waals surface area contributed by atoms with Crippen molar-refractivity contribution in [2.24, 2.45) is 0 Å². The van der Waals surface area contributed by atoms with Crippen LogP contribution >= 0.6 is 12.4 Å². The molecule has 0 aliphatic carbocycles. The van der Waals surface area contributed by atoms with Crippen molar-refractivity contribution in [3.8, 4) is 0 Å². The molecule has 0 amide bonds. The molecule has 0 bridgehead atoms. The average Bonchev–Trinajstić information content (AvgIpc) is 2.39. The van der Waals surface area contributed by atoms with Crippen LogP contribution in [0.15, 0.2) is 30.3 Å². The highest BCUT2D eigenvalue weighted by atomic mass is 35.5. The standard InChI is InChI=1S/C11H16N2O3S.ClH/c14-17(15,13-6-8-16-9-7-13)12-10-11-4-2-1-3-5-11;/h1-5,12H,6-10H2;1H. The van der Waals surface area contributed by atoms with Crippen molar-refractivity contribution in [1.29, 1.82) is 0 Å². The van der Waals surface area contributed by atoms with Crippen molar-refractivity contribution in [1.82, 2.24) is 9.03 Å². The molecule has 0 radical (unpaired) electrons. The fourth-order valence-corrected chi connectivity index (χ4v) is 2.81. The second-order valence-corrected chi connectivity index (χ2v) is 5.58. The molecule has 18 heavy (non-hydrogen) atoms. The van der Waals surface area contributed by atoms with Gasteiger partial charge in [0.25, 0.3) is 10.2 Å². The van der Waals surface area contributed by atoms with Gasteiger partial charge in [0.15, 0.2) is 0 Å². The first-order chi connectivity index (χ1) is 8.18. The highest BCUT2D eigenvalue weighted by molar-refractivity contribution is 7.87. The van der Waals surface area contributed by atoms with Gasteiger partial charge in [-0.25, -0.2) is 0 Å². The molecule has 1 heterocycles. The Balaban J connectivity index is 0.00000162. The Morgan fingerprint density at radius 2 is 1.78 bits per heavy atom. The summed E-state index contributed by atoms with van der Waals surface area (Å²) < 4.78 is 33.0. The van der Waals surface area contributed by atoms with Crippen LogP contribution in [0.1, 0.15) is 5.56 Å². The van der Waals surface area contributed by atoms with Crippen molar-refractivity contribution in [2.75, 3.05) is 26.3 Å². The molecular weight excluding hydrogens is 276 g/mol. The molecule has 0 spiro atoms. The van der Waals surface area contributed by atoms with Gasteiger partial charge in [0.05, 0.1) is 13.2 Å². The fraction of sp³-hybridized carbons (Fsp3) is 0.455. The molecule has 1 aromatic carbocycles. The first-order valence-electron chi connectivity index (χ1n) is 5.55. The molecular formula is C11H17ClN2O3S. The number of rotatable bonds is 4. The van der Waals surface area contributed by atoms with Crippen LogP contribution in [0.3, 0.4) is 0 Å². The monoisotopic (exact) mass is 292 g/mol. The Morgan fingerprint density at radius 3 is 2.39 bits per heavy atom. The van der Waals surface area contributed by atoms with Crippen LogP contribution in [0, 0.1) is 0 Å². The van der Waals surface area contributed by atoms with Crippen molar-refractivity contribution in [3.05, 3.63) is 35.9 Å². The van der Waals surface area contributed by atoms with Crippen molar-refractivity contribution < 1.29 is 13.2 Å². The maximum absolute atomic E-state index is 11.9. The zero-order chi connectivity index (χ0) is 12.1. The number of benzene rings is 1. The Bertz CT molecular complexity index is 447. The number of halogens is 1. The maximum atomic E-state index is 11.9. The lowest BCUT2D eigenvalue weighted by Gasteiger charge is -2.26. The van der Waals surface area contributed by atoms with E-state index in [4.69, 9.17) is 4.74 Å². The summed E-state index contributed by atoms with van der Waals surface area (Å²) >= 11 is 0. The summed E-state index contributed by atoms with van der Waals surface area (Å²) in [4.78, 5) is 0.